The molecule has 0 N–H and O–H groups in total. The third-order valence-corrected chi connectivity index (χ3v) is 6.95. The number of thiophene rings is 1. The van der Waals surface area contributed by atoms with Crippen molar-refractivity contribution in [3.05, 3.63) is 67.1 Å². The third kappa shape index (κ3) is 2.82. The van der Waals surface area contributed by atoms with E-state index in [1.807, 2.05) is 11.4 Å². The molecule has 0 bridgehead atoms. The lowest BCUT2D eigenvalue weighted by Gasteiger charge is -2.09. The highest BCUT2D eigenvalue weighted by Crippen LogP contribution is 2.31. The van der Waals surface area contributed by atoms with Crippen LogP contribution >= 0.6 is 23.1 Å². The molecule has 1 aliphatic rings. The van der Waals surface area contributed by atoms with Gasteiger partial charge < -0.3 is 4.42 Å². The maximum atomic E-state index is 12.5. The fourth-order valence-corrected chi connectivity index (χ4v) is 5.43. The zero-order valence-electron chi connectivity index (χ0n) is 14.7. The lowest BCUT2D eigenvalue weighted by Crippen LogP contribution is -2.19. The van der Waals surface area contributed by atoms with Crippen LogP contribution in [0.1, 0.15) is 23.1 Å². The van der Waals surface area contributed by atoms with Gasteiger partial charge in [0.05, 0.1) is 5.39 Å². The van der Waals surface area contributed by atoms with E-state index < -0.39 is 0 Å². The van der Waals surface area contributed by atoms with Crippen molar-refractivity contribution in [1.82, 2.24) is 9.55 Å². The van der Waals surface area contributed by atoms with Gasteiger partial charge in [0, 0.05) is 24.3 Å². The molecule has 3 heterocycles. The summed E-state index contributed by atoms with van der Waals surface area (Å²) >= 11 is 2.93. The molecule has 0 saturated carbocycles. The highest BCUT2D eigenvalue weighted by Gasteiger charge is 2.16. The van der Waals surface area contributed by atoms with Crippen LogP contribution in [0.2, 0.25) is 0 Å². The minimum atomic E-state index is -0.341. The summed E-state index contributed by atoms with van der Waals surface area (Å²) in [4.78, 5) is 29.9. The Balaban J connectivity index is 1.56. The van der Waals surface area contributed by atoms with Crippen molar-refractivity contribution in [3.8, 4) is 0 Å². The number of rotatable bonds is 3. The van der Waals surface area contributed by atoms with Gasteiger partial charge in [-0.15, -0.1) is 11.3 Å². The molecule has 7 heteroatoms. The van der Waals surface area contributed by atoms with E-state index in [1.165, 1.54) is 34.2 Å². The van der Waals surface area contributed by atoms with E-state index in [0.29, 0.717) is 21.9 Å². The lowest BCUT2D eigenvalue weighted by molar-refractivity contribution is 0.559. The Morgan fingerprint density at radius 2 is 2.00 bits per heavy atom. The summed E-state index contributed by atoms with van der Waals surface area (Å²) in [5, 5.41) is 4.15. The number of aryl methyl sites for hydroxylation is 2. The Morgan fingerprint density at radius 1 is 1.19 bits per heavy atom. The lowest BCUT2D eigenvalue weighted by atomic mass is 10.0. The standard InChI is InChI=1S/C20H16N2O3S2/c1-22-19(24)14-5-6-26-18(14)21-20(22)27-10-13-9-17(23)25-16-8-12-4-2-3-11(12)7-15(13)16/h5-9H,2-4,10H2,1H3. The van der Waals surface area contributed by atoms with Gasteiger partial charge in [0.1, 0.15) is 10.4 Å². The molecule has 0 amide bonds. The summed E-state index contributed by atoms with van der Waals surface area (Å²) in [6.45, 7) is 0. The first-order valence-electron chi connectivity index (χ1n) is 8.76. The molecule has 5 nitrogen and oxygen atoms in total. The van der Waals surface area contributed by atoms with Crippen LogP contribution < -0.4 is 11.2 Å². The molecule has 3 aromatic heterocycles. The predicted octanol–water partition coefficient (Wildman–Crippen LogP) is 3.88. The van der Waals surface area contributed by atoms with Crippen molar-refractivity contribution in [2.45, 2.75) is 30.2 Å². The normalized spacial score (nSPS) is 13.5. The number of nitrogens with zero attached hydrogens (tertiary/aromatic N) is 2. The van der Waals surface area contributed by atoms with Gasteiger partial charge in [-0.05, 0) is 59.5 Å². The number of hydrogen-bond acceptors (Lipinski definition) is 6. The number of hydrogen-bond donors (Lipinski definition) is 0. The zero-order chi connectivity index (χ0) is 18.5. The van der Waals surface area contributed by atoms with Gasteiger partial charge in [-0.25, -0.2) is 9.78 Å². The van der Waals surface area contributed by atoms with Crippen LogP contribution in [0.3, 0.4) is 0 Å². The van der Waals surface area contributed by atoms with Crippen LogP contribution in [0, 0.1) is 0 Å². The quantitative estimate of drug-likeness (QED) is 0.299. The first kappa shape index (κ1) is 16.8. The molecular weight excluding hydrogens is 380 g/mol. The number of aromatic nitrogens is 2. The van der Waals surface area contributed by atoms with E-state index >= 15 is 0 Å². The summed E-state index contributed by atoms with van der Waals surface area (Å²) < 4.78 is 7.01. The second-order valence-electron chi connectivity index (χ2n) is 6.75. The second kappa shape index (κ2) is 6.35. The van der Waals surface area contributed by atoms with Crippen molar-refractivity contribution < 1.29 is 4.42 Å². The molecule has 1 aliphatic carbocycles. The smallest absolute Gasteiger partial charge is 0.336 e. The first-order chi connectivity index (χ1) is 13.1. The molecule has 0 aliphatic heterocycles. The summed E-state index contributed by atoms with van der Waals surface area (Å²) in [7, 11) is 1.74. The van der Waals surface area contributed by atoms with E-state index in [9.17, 15) is 9.59 Å². The maximum absolute atomic E-state index is 12.5. The molecule has 27 heavy (non-hydrogen) atoms. The number of thioether (sulfide) groups is 1. The Bertz CT molecular complexity index is 1320. The fourth-order valence-electron chi connectivity index (χ4n) is 3.67. The summed E-state index contributed by atoms with van der Waals surface area (Å²) in [5.74, 6) is 0.554. The highest BCUT2D eigenvalue weighted by atomic mass is 32.2. The molecule has 1 aromatic carbocycles. The van der Waals surface area contributed by atoms with Gasteiger partial charge in [0.2, 0.25) is 0 Å². The van der Waals surface area contributed by atoms with Gasteiger partial charge in [-0.2, -0.15) is 0 Å². The molecule has 0 fully saturated rings. The molecule has 0 spiro atoms. The van der Waals surface area contributed by atoms with E-state index in [-0.39, 0.29) is 11.2 Å². The van der Waals surface area contributed by atoms with E-state index in [2.05, 4.69) is 11.1 Å². The van der Waals surface area contributed by atoms with Crippen molar-refractivity contribution in [2.24, 2.45) is 7.05 Å². The molecule has 5 rings (SSSR count). The average molecular weight is 396 g/mol. The van der Waals surface area contributed by atoms with E-state index in [0.717, 1.165) is 35.0 Å². The predicted molar refractivity (Wildman–Crippen MR) is 109 cm³/mol. The van der Waals surface area contributed by atoms with Gasteiger partial charge in [0.25, 0.3) is 5.56 Å². The van der Waals surface area contributed by atoms with Crippen molar-refractivity contribution in [3.63, 3.8) is 0 Å². The molecule has 0 atom stereocenters. The van der Waals surface area contributed by atoms with Gasteiger partial charge in [-0.1, -0.05) is 11.8 Å². The zero-order valence-corrected chi connectivity index (χ0v) is 16.3. The van der Waals surface area contributed by atoms with Crippen LogP contribution in [0.4, 0.5) is 0 Å². The molecule has 0 radical (unpaired) electrons. The van der Waals surface area contributed by atoms with Crippen LogP contribution in [-0.4, -0.2) is 9.55 Å². The van der Waals surface area contributed by atoms with Crippen molar-refractivity contribution >= 4 is 44.3 Å². The molecule has 0 unspecified atom stereocenters. The minimum Gasteiger partial charge on any atom is -0.423 e. The summed E-state index contributed by atoms with van der Waals surface area (Å²) in [5.41, 5.74) is 3.80. The van der Waals surface area contributed by atoms with Gasteiger partial charge in [0.15, 0.2) is 5.16 Å². The first-order valence-corrected chi connectivity index (χ1v) is 10.6. The van der Waals surface area contributed by atoms with Crippen LogP contribution in [-0.2, 0) is 25.6 Å². The molecular formula is C20H16N2O3S2. The maximum Gasteiger partial charge on any atom is 0.336 e. The molecule has 0 saturated heterocycles. The van der Waals surface area contributed by atoms with Crippen LogP contribution in [0.5, 0.6) is 0 Å². The average Bonchev–Trinajstić information content (AvgIpc) is 3.30. The van der Waals surface area contributed by atoms with Crippen LogP contribution in [0.15, 0.2) is 48.8 Å². The Morgan fingerprint density at radius 3 is 2.85 bits per heavy atom. The number of fused-ring (bicyclic) bond motifs is 3. The summed E-state index contributed by atoms with van der Waals surface area (Å²) in [6, 6.07) is 7.53. The molecule has 4 aromatic rings. The SMILES string of the molecule is Cn1c(SCc2cc(=O)oc3cc4c(cc23)CCC4)nc2sccc2c1=O. The fraction of sp³-hybridized carbons (Fsp3) is 0.250. The third-order valence-electron chi connectivity index (χ3n) is 5.06. The Kier molecular flexibility index (Phi) is 3.94. The molecule has 136 valence electrons. The van der Waals surface area contributed by atoms with Gasteiger partial charge >= 0.3 is 5.63 Å². The topological polar surface area (TPSA) is 65.1 Å². The van der Waals surface area contributed by atoms with Gasteiger partial charge in [-0.3, -0.25) is 9.36 Å². The monoisotopic (exact) mass is 396 g/mol. The van der Waals surface area contributed by atoms with Crippen molar-refractivity contribution in [1.29, 1.82) is 0 Å². The second-order valence-corrected chi connectivity index (χ2v) is 8.59. The summed E-state index contributed by atoms with van der Waals surface area (Å²) in [6.07, 6.45) is 3.26. The Labute approximate surface area is 162 Å². The Hall–Kier alpha value is -2.38. The minimum absolute atomic E-state index is 0.0426. The number of benzene rings is 1. The largest absolute Gasteiger partial charge is 0.423 e. The van der Waals surface area contributed by atoms with E-state index in [1.54, 1.807) is 23.7 Å². The van der Waals surface area contributed by atoms with Crippen LogP contribution in [0.25, 0.3) is 21.2 Å². The van der Waals surface area contributed by atoms with E-state index in [4.69, 9.17) is 4.42 Å². The van der Waals surface area contributed by atoms with Crippen molar-refractivity contribution in [2.75, 3.05) is 0 Å². The highest BCUT2D eigenvalue weighted by molar-refractivity contribution is 7.98.